The third kappa shape index (κ3) is 7.57. The summed E-state index contributed by atoms with van der Waals surface area (Å²) in [6.45, 7) is 7.07. The van der Waals surface area contributed by atoms with Gasteiger partial charge in [0.15, 0.2) is 6.10 Å². The average molecular weight is 257 g/mol. The average Bonchev–Trinajstić information content (AvgIpc) is 2.13. The highest BCUT2D eigenvalue weighted by atomic mass is 19.4. The topological polar surface area (TPSA) is 44.5 Å². The number of alkyl halides is 3. The van der Waals surface area contributed by atoms with Crippen LogP contribution in [0, 0.1) is 0 Å². The third-order valence-electron chi connectivity index (χ3n) is 2.10. The molecule has 0 bridgehead atoms. The van der Waals surface area contributed by atoms with Gasteiger partial charge in [0.05, 0.1) is 18.8 Å². The number of hydrogen-bond donors (Lipinski definition) is 1. The first-order chi connectivity index (χ1) is 7.58. The number of nitrogens with two attached hydrogens (primary N) is 1. The largest absolute Gasteiger partial charge is 0.416 e. The normalized spacial score (nSPS) is 16.9. The van der Waals surface area contributed by atoms with Crippen LogP contribution in [0.4, 0.5) is 13.2 Å². The van der Waals surface area contributed by atoms with E-state index in [-0.39, 0.29) is 25.2 Å². The minimum absolute atomic E-state index is 0.116. The summed E-state index contributed by atoms with van der Waals surface area (Å²) in [6.07, 6.45) is -6.14. The fourth-order valence-corrected chi connectivity index (χ4v) is 1.20. The second-order valence-electron chi connectivity index (χ2n) is 4.87. The standard InChI is InChI=1S/C11H22F3NO2/c1-5-8(15)9(11(12,13)14)16-6-7-17-10(2,3)4/h8-9H,5-7,15H2,1-4H3. The SMILES string of the molecule is CCC(N)C(OCCOC(C)(C)C)C(F)(F)F. The lowest BCUT2D eigenvalue weighted by molar-refractivity contribution is -0.230. The van der Waals surface area contributed by atoms with E-state index in [1.54, 1.807) is 6.92 Å². The van der Waals surface area contributed by atoms with Crippen LogP contribution in [0.15, 0.2) is 0 Å². The highest BCUT2D eigenvalue weighted by Gasteiger charge is 2.43. The second-order valence-corrected chi connectivity index (χ2v) is 4.87. The van der Waals surface area contributed by atoms with Crippen LogP contribution in [0.3, 0.4) is 0 Å². The highest BCUT2D eigenvalue weighted by Crippen LogP contribution is 2.25. The molecule has 0 aromatic heterocycles. The Balaban J connectivity index is 4.11. The van der Waals surface area contributed by atoms with E-state index >= 15 is 0 Å². The van der Waals surface area contributed by atoms with E-state index in [0.29, 0.717) is 0 Å². The molecule has 3 nitrogen and oxygen atoms in total. The zero-order valence-electron chi connectivity index (χ0n) is 10.8. The Hall–Kier alpha value is -0.330. The van der Waals surface area contributed by atoms with Crippen molar-refractivity contribution in [3.05, 3.63) is 0 Å². The van der Waals surface area contributed by atoms with Gasteiger partial charge in [-0.15, -0.1) is 0 Å². The summed E-state index contributed by atoms with van der Waals surface area (Å²) in [7, 11) is 0. The molecule has 17 heavy (non-hydrogen) atoms. The van der Waals surface area contributed by atoms with Crippen LogP contribution < -0.4 is 5.73 Å². The molecule has 104 valence electrons. The van der Waals surface area contributed by atoms with Gasteiger partial charge in [-0.3, -0.25) is 0 Å². The molecule has 2 N–H and O–H groups in total. The van der Waals surface area contributed by atoms with Crippen LogP contribution in [0.25, 0.3) is 0 Å². The summed E-state index contributed by atoms with van der Waals surface area (Å²) in [5.41, 5.74) is 5.00. The molecule has 0 aliphatic heterocycles. The van der Waals surface area contributed by atoms with Crippen molar-refractivity contribution in [3.63, 3.8) is 0 Å². The van der Waals surface area contributed by atoms with Crippen LogP contribution >= 0.6 is 0 Å². The fourth-order valence-electron chi connectivity index (χ4n) is 1.20. The van der Waals surface area contributed by atoms with Gasteiger partial charge in [-0.2, -0.15) is 13.2 Å². The zero-order valence-corrected chi connectivity index (χ0v) is 10.8. The molecule has 0 saturated heterocycles. The van der Waals surface area contributed by atoms with Gasteiger partial charge in [0.1, 0.15) is 0 Å². The highest BCUT2D eigenvalue weighted by molar-refractivity contribution is 4.79. The summed E-state index contributed by atoms with van der Waals surface area (Å²) in [5.74, 6) is 0. The monoisotopic (exact) mass is 257 g/mol. The minimum Gasteiger partial charge on any atom is -0.373 e. The fraction of sp³-hybridized carbons (Fsp3) is 1.00. The summed E-state index contributed by atoms with van der Waals surface area (Å²) in [6, 6.07) is -1.04. The lowest BCUT2D eigenvalue weighted by Gasteiger charge is -2.26. The molecule has 0 rings (SSSR count). The Bertz CT molecular complexity index is 214. The molecule has 0 aliphatic carbocycles. The van der Waals surface area contributed by atoms with E-state index in [2.05, 4.69) is 0 Å². The van der Waals surface area contributed by atoms with Crippen LogP contribution in [-0.4, -0.2) is 37.1 Å². The Labute approximate surface area is 100 Å². The van der Waals surface area contributed by atoms with Gasteiger partial charge in [0.2, 0.25) is 0 Å². The summed E-state index contributed by atoms with van der Waals surface area (Å²) in [4.78, 5) is 0. The molecule has 2 unspecified atom stereocenters. The van der Waals surface area contributed by atoms with Crippen molar-refractivity contribution in [1.82, 2.24) is 0 Å². The lowest BCUT2D eigenvalue weighted by Crippen LogP contribution is -2.47. The molecule has 0 aliphatic rings. The number of hydrogen-bond acceptors (Lipinski definition) is 3. The first kappa shape index (κ1) is 16.7. The van der Waals surface area contributed by atoms with Crippen LogP contribution in [0.2, 0.25) is 0 Å². The van der Waals surface area contributed by atoms with E-state index in [0.717, 1.165) is 0 Å². The van der Waals surface area contributed by atoms with Gasteiger partial charge in [-0.1, -0.05) is 6.92 Å². The Morgan fingerprint density at radius 1 is 1.12 bits per heavy atom. The molecular weight excluding hydrogens is 235 g/mol. The first-order valence-electron chi connectivity index (χ1n) is 5.65. The number of ether oxygens (including phenoxy) is 2. The lowest BCUT2D eigenvalue weighted by atomic mass is 10.1. The summed E-state index contributed by atoms with van der Waals surface area (Å²) < 4.78 is 47.8. The zero-order chi connectivity index (χ0) is 13.7. The number of rotatable bonds is 6. The molecule has 0 aromatic carbocycles. The van der Waals surface area contributed by atoms with Crippen molar-refractivity contribution in [3.8, 4) is 0 Å². The predicted molar refractivity (Wildman–Crippen MR) is 59.8 cm³/mol. The van der Waals surface area contributed by atoms with Crippen LogP contribution in [-0.2, 0) is 9.47 Å². The molecule has 0 spiro atoms. The van der Waals surface area contributed by atoms with Gasteiger partial charge in [-0.25, -0.2) is 0 Å². The Morgan fingerprint density at radius 2 is 1.65 bits per heavy atom. The molecule has 2 atom stereocenters. The smallest absolute Gasteiger partial charge is 0.373 e. The van der Waals surface area contributed by atoms with Crippen molar-refractivity contribution in [2.75, 3.05) is 13.2 Å². The van der Waals surface area contributed by atoms with E-state index in [1.807, 2.05) is 20.8 Å². The maximum Gasteiger partial charge on any atom is 0.416 e. The maximum absolute atomic E-state index is 12.6. The molecule has 0 heterocycles. The van der Waals surface area contributed by atoms with E-state index in [4.69, 9.17) is 15.2 Å². The van der Waals surface area contributed by atoms with Gasteiger partial charge >= 0.3 is 6.18 Å². The summed E-state index contributed by atoms with van der Waals surface area (Å²) >= 11 is 0. The van der Waals surface area contributed by atoms with Crippen molar-refractivity contribution in [1.29, 1.82) is 0 Å². The van der Waals surface area contributed by atoms with E-state index < -0.39 is 18.3 Å². The molecule has 0 saturated carbocycles. The molecule has 0 radical (unpaired) electrons. The van der Waals surface area contributed by atoms with E-state index in [9.17, 15) is 13.2 Å². The van der Waals surface area contributed by atoms with Gasteiger partial charge in [0.25, 0.3) is 0 Å². The van der Waals surface area contributed by atoms with Gasteiger partial charge < -0.3 is 15.2 Å². The molecule has 0 amide bonds. The first-order valence-corrected chi connectivity index (χ1v) is 5.65. The quantitative estimate of drug-likeness (QED) is 0.743. The summed E-state index contributed by atoms with van der Waals surface area (Å²) in [5, 5.41) is 0. The third-order valence-corrected chi connectivity index (χ3v) is 2.10. The van der Waals surface area contributed by atoms with Crippen molar-refractivity contribution < 1.29 is 22.6 Å². The second kappa shape index (κ2) is 6.56. The van der Waals surface area contributed by atoms with Crippen molar-refractivity contribution in [2.45, 2.75) is 58.0 Å². The maximum atomic E-state index is 12.6. The Kier molecular flexibility index (Phi) is 6.43. The number of halogens is 3. The predicted octanol–water partition coefficient (Wildman–Crippen LogP) is 2.49. The van der Waals surface area contributed by atoms with Crippen LogP contribution in [0.5, 0.6) is 0 Å². The molecule has 0 aromatic rings. The molecule has 0 fully saturated rings. The van der Waals surface area contributed by atoms with Gasteiger partial charge in [-0.05, 0) is 27.2 Å². The molecule has 6 heteroatoms. The van der Waals surface area contributed by atoms with E-state index in [1.165, 1.54) is 0 Å². The van der Waals surface area contributed by atoms with Gasteiger partial charge in [0, 0.05) is 6.04 Å². The van der Waals surface area contributed by atoms with Crippen LogP contribution in [0.1, 0.15) is 34.1 Å². The van der Waals surface area contributed by atoms with Crippen molar-refractivity contribution >= 4 is 0 Å². The Morgan fingerprint density at radius 3 is 2.00 bits per heavy atom. The van der Waals surface area contributed by atoms with Crippen molar-refractivity contribution in [2.24, 2.45) is 5.73 Å². The molecular formula is C11H22F3NO2. The minimum atomic E-state index is -4.43.